The van der Waals surface area contributed by atoms with Crippen LogP contribution in [0.3, 0.4) is 0 Å². The van der Waals surface area contributed by atoms with Gasteiger partial charge in [-0.05, 0) is 35.4 Å². The number of nitrogens with zero attached hydrogens (tertiary/aromatic N) is 3. The summed E-state index contributed by atoms with van der Waals surface area (Å²) in [4.78, 5) is 12.8. The Bertz CT molecular complexity index is 1320. The number of sulfone groups is 1. The maximum Gasteiger partial charge on any atom is 0.277 e. The second-order valence-corrected chi connectivity index (χ2v) is 8.78. The topological polar surface area (TPSA) is 120 Å². The molecule has 8 nitrogen and oxygen atoms in total. The Morgan fingerprint density at radius 1 is 0.935 bits per heavy atom. The zero-order chi connectivity index (χ0) is 21.8. The minimum absolute atomic E-state index is 0.0206. The first kappa shape index (κ1) is 20.3. The van der Waals surface area contributed by atoms with Crippen LogP contribution in [0.1, 0.15) is 10.5 Å². The van der Waals surface area contributed by atoms with Gasteiger partial charge in [0.05, 0.1) is 22.5 Å². The van der Waals surface area contributed by atoms with E-state index in [9.17, 15) is 13.2 Å². The van der Waals surface area contributed by atoms with Crippen molar-refractivity contribution in [1.82, 2.24) is 15.0 Å². The van der Waals surface area contributed by atoms with E-state index < -0.39 is 21.6 Å². The molecule has 0 aliphatic carbocycles. The summed E-state index contributed by atoms with van der Waals surface area (Å²) in [6, 6.07) is 23.0. The lowest BCUT2D eigenvalue weighted by Gasteiger charge is -2.09. The van der Waals surface area contributed by atoms with E-state index in [-0.39, 0.29) is 10.6 Å². The van der Waals surface area contributed by atoms with E-state index in [4.69, 9.17) is 5.73 Å². The van der Waals surface area contributed by atoms with Gasteiger partial charge in [-0.1, -0.05) is 59.8 Å². The van der Waals surface area contributed by atoms with Crippen molar-refractivity contribution >= 4 is 27.1 Å². The Morgan fingerprint density at radius 3 is 2.32 bits per heavy atom. The molecule has 0 saturated heterocycles. The summed E-state index contributed by atoms with van der Waals surface area (Å²) in [5.41, 5.74) is 8.69. The van der Waals surface area contributed by atoms with Crippen molar-refractivity contribution in [3.8, 4) is 11.1 Å². The van der Waals surface area contributed by atoms with Gasteiger partial charge in [0.1, 0.15) is 5.88 Å². The molecular weight excluding hydrogens is 414 g/mol. The van der Waals surface area contributed by atoms with Crippen molar-refractivity contribution in [2.45, 2.75) is 10.8 Å². The fourth-order valence-electron chi connectivity index (χ4n) is 3.00. The highest BCUT2D eigenvalue weighted by atomic mass is 32.2. The van der Waals surface area contributed by atoms with Crippen molar-refractivity contribution in [1.29, 1.82) is 0 Å². The van der Waals surface area contributed by atoms with Gasteiger partial charge in [-0.3, -0.25) is 4.79 Å². The molecule has 3 aromatic carbocycles. The average molecular weight is 433 g/mol. The van der Waals surface area contributed by atoms with Gasteiger partial charge >= 0.3 is 0 Å². The molecule has 0 atom stereocenters. The third-order valence-corrected chi connectivity index (χ3v) is 6.18. The molecule has 0 unspecified atom stereocenters. The number of hydrogen-bond donors (Lipinski definition) is 2. The summed E-state index contributed by atoms with van der Waals surface area (Å²) in [5.74, 6) is -0.969. The van der Waals surface area contributed by atoms with Crippen LogP contribution in [-0.2, 0) is 15.7 Å². The molecule has 0 aliphatic heterocycles. The lowest BCUT2D eigenvalue weighted by atomic mass is 10.0. The normalized spacial score (nSPS) is 11.2. The molecule has 1 amide bonds. The molecule has 0 saturated carbocycles. The highest BCUT2D eigenvalue weighted by molar-refractivity contribution is 7.90. The third kappa shape index (κ3) is 4.62. The minimum atomic E-state index is -3.62. The summed E-state index contributed by atoms with van der Waals surface area (Å²) in [7, 11) is -3.62. The molecular formula is C22H19N5O3S. The number of hydrogen-bond acceptors (Lipinski definition) is 6. The van der Waals surface area contributed by atoms with Gasteiger partial charge in [-0.25, -0.2) is 13.1 Å². The molecule has 4 aromatic rings. The Morgan fingerprint density at radius 2 is 1.61 bits per heavy atom. The summed E-state index contributed by atoms with van der Waals surface area (Å²) < 4.78 is 26.1. The molecule has 4 rings (SSSR count). The van der Waals surface area contributed by atoms with E-state index in [0.29, 0.717) is 11.4 Å². The van der Waals surface area contributed by atoms with Crippen LogP contribution in [0.25, 0.3) is 11.1 Å². The van der Waals surface area contributed by atoms with Crippen LogP contribution >= 0.6 is 0 Å². The van der Waals surface area contributed by atoms with Gasteiger partial charge in [0.15, 0.2) is 15.5 Å². The molecule has 0 bridgehead atoms. The predicted octanol–water partition coefficient (Wildman–Crippen LogP) is 3.21. The third-order valence-electron chi connectivity index (χ3n) is 4.58. The maximum absolute atomic E-state index is 12.6. The van der Waals surface area contributed by atoms with Crippen LogP contribution in [-0.4, -0.2) is 29.3 Å². The zero-order valence-corrected chi connectivity index (χ0v) is 17.2. The van der Waals surface area contributed by atoms with Gasteiger partial charge in [0.25, 0.3) is 5.91 Å². The Labute approximate surface area is 179 Å². The molecule has 31 heavy (non-hydrogen) atoms. The number of nitrogens with two attached hydrogens (primary N) is 1. The second-order valence-electron chi connectivity index (χ2n) is 6.82. The smallest absolute Gasteiger partial charge is 0.277 e. The highest BCUT2D eigenvalue weighted by Crippen LogP contribution is 2.27. The van der Waals surface area contributed by atoms with Gasteiger partial charge in [-0.2, -0.15) is 0 Å². The van der Waals surface area contributed by atoms with E-state index in [0.717, 1.165) is 15.8 Å². The van der Waals surface area contributed by atoms with Crippen LogP contribution in [0.5, 0.6) is 0 Å². The fraction of sp³-hybridized carbons (Fsp3) is 0.0455. The fourth-order valence-corrected chi connectivity index (χ4v) is 4.20. The van der Waals surface area contributed by atoms with Crippen LogP contribution < -0.4 is 11.1 Å². The van der Waals surface area contributed by atoms with Crippen LogP contribution in [0.2, 0.25) is 0 Å². The SMILES string of the molecule is Nc1ccc(-c2ccccc2)cc1NC(=O)c1cn(CS(=O)(=O)c2ccccc2)nn1. The Hall–Kier alpha value is -3.98. The van der Waals surface area contributed by atoms with E-state index >= 15 is 0 Å². The lowest BCUT2D eigenvalue weighted by Crippen LogP contribution is -2.14. The van der Waals surface area contributed by atoms with E-state index in [2.05, 4.69) is 15.6 Å². The number of amides is 1. The molecule has 3 N–H and O–H groups in total. The van der Waals surface area contributed by atoms with E-state index in [1.807, 2.05) is 36.4 Å². The number of carbonyl (C=O) groups is 1. The summed E-state index contributed by atoms with van der Waals surface area (Å²) in [5, 5.41) is 10.3. The first-order chi connectivity index (χ1) is 14.9. The monoisotopic (exact) mass is 433 g/mol. The second kappa shape index (κ2) is 8.41. The van der Waals surface area contributed by atoms with Gasteiger partial charge in [-0.15, -0.1) is 5.10 Å². The Balaban J connectivity index is 1.51. The molecule has 9 heteroatoms. The zero-order valence-electron chi connectivity index (χ0n) is 16.3. The number of nitrogen functional groups attached to an aromatic ring is 1. The number of carbonyl (C=O) groups excluding carboxylic acids is 1. The number of rotatable bonds is 6. The molecule has 0 spiro atoms. The van der Waals surface area contributed by atoms with Crippen LogP contribution in [0, 0.1) is 0 Å². The number of aromatic nitrogens is 3. The highest BCUT2D eigenvalue weighted by Gasteiger charge is 2.18. The first-order valence-electron chi connectivity index (χ1n) is 9.37. The lowest BCUT2D eigenvalue weighted by molar-refractivity contribution is 0.102. The summed E-state index contributed by atoms with van der Waals surface area (Å²) in [6.07, 6.45) is 1.28. The number of nitrogens with one attached hydrogen (secondary N) is 1. The average Bonchev–Trinajstić information content (AvgIpc) is 3.24. The van der Waals surface area contributed by atoms with Crippen molar-refractivity contribution < 1.29 is 13.2 Å². The number of anilines is 2. The van der Waals surface area contributed by atoms with Gasteiger partial charge in [0, 0.05) is 0 Å². The van der Waals surface area contributed by atoms with E-state index in [1.165, 1.54) is 18.3 Å². The largest absolute Gasteiger partial charge is 0.397 e. The predicted molar refractivity (Wildman–Crippen MR) is 118 cm³/mol. The van der Waals surface area contributed by atoms with Crippen molar-refractivity contribution in [2.75, 3.05) is 11.1 Å². The summed E-state index contributed by atoms with van der Waals surface area (Å²) in [6.45, 7) is 0. The molecule has 0 fully saturated rings. The minimum Gasteiger partial charge on any atom is -0.397 e. The Kier molecular flexibility index (Phi) is 5.50. The first-order valence-corrected chi connectivity index (χ1v) is 11.0. The van der Waals surface area contributed by atoms with Crippen LogP contribution in [0.4, 0.5) is 11.4 Å². The molecule has 1 heterocycles. The summed E-state index contributed by atoms with van der Waals surface area (Å²) >= 11 is 0. The maximum atomic E-state index is 12.6. The molecule has 0 radical (unpaired) electrons. The number of benzene rings is 3. The quantitative estimate of drug-likeness (QED) is 0.451. The standard InChI is InChI=1S/C22H19N5O3S/c23-19-12-11-17(16-7-3-1-4-8-16)13-20(19)24-22(28)21-14-27(26-25-21)15-31(29,30)18-9-5-2-6-10-18/h1-14H,15,23H2,(H,24,28). The molecule has 156 valence electrons. The van der Waals surface area contributed by atoms with Gasteiger partial charge < -0.3 is 11.1 Å². The van der Waals surface area contributed by atoms with Crippen molar-refractivity contribution in [3.05, 3.63) is 90.8 Å². The van der Waals surface area contributed by atoms with Crippen molar-refractivity contribution in [2.24, 2.45) is 0 Å². The van der Waals surface area contributed by atoms with E-state index in [1.54, 1.807) is 30.3 Å². The molecule has 0 aliphatic rings. The van der Waals surface area contributed by atoms with Crippen LogP contribution in [0.15, 0.2) is 90.0 Å². The van der Waals surface area contributed by atoms with Gasteiger partial charge in [0.2, 0.25) is 0 Å². The molecule has 1 aromatic heterocycles. The van der Waals surface area contributed by atoms with Crippen molar-refractivity contribution in [3.63, 3.8) is 0 Å².